The summed E-state index contributed by atoms with van der Waals surface area (Å²) in [5.41, 5.74) is 0.926. The Morgan fingerprint density at radius 1 is 1.08 bits per heavy atom. The fourth-order valence-corrected chi connectivity index (χ4v) is 2.68. The molecule has 1 unspecified atom stereocenters. The molecule has 6 heteroatoms. The van der Waals surface area contributed by atoms with Gasteiger partial charge >= 0.3 is 0 Å². The van der Waals surface area contributed by atoms with Crippen LogP contribution in [0.3, 0.4) is 0 Å². The van der Waals surface area contributed by atoms with Crippen LogP contribution in [0.4, 0.5) is 0 Å². The van der Waals surface area contributed by atoms with Crippen molar-refractivity contribution in [3.63, 3.8) is 0 Å². The minimum absolute atomic E-state index is 0.208. The molecular weight excluding hydrogens is 349 g/mol. The molecule has 4 nitrogen and oxygen atoms in total. The molecule has 0 aliphatic heterocycles. The Hall–Kier alpha value is -1.46. The highest BCUT2D eigenvalue weighted by Crippen LogP contribution is 2.26. The maximum atomic E-state index is 10.1. The van der Waals surface area contributed by atoms with Crippen molar-refractivity contribution in [2.45, 2.75) is 12.6 Å². The molecule has 0 spiro atoms. The Bertz CT molecular complexity index is 649. The largest absolute Gasteiger partial charge is 0.497 e. The van der Waals surface area contributed by atoms with E-state index < -0.39 is 6.10 Å². The SMILES string of the molecule is COc1ccc(OCC(O)CN(C)Cc2cccc(Cl)c2Cl)cc1. The lowest BCUT2D eigenvalue weighted by Gasteiger charge is -2.21. The Morgan fingerprint density at radius 3 is 2.42 bits per heavy atom. The van der Waals surface area contributed by atoms with E-state index in [2.05, 4.69) is 0 Å². The fraction of sp³-hybridized carbons (Fsp3) is 0.333. The van der Waals surface area contributed by atoms with Crippen molar-refractivity contribution in [2.75, 3.05) is 27.3 Å². The number of ether oxygens (including phenoxy) is 2. The summed E-state index contributed by atoms with van der Waals surface area (Å²) in [6.07, 6.45) is -0.616. The number of halogens is 2. The molecule has 1 N–H and O–H groups in total. The van der Waals surface area contributed by atoms with E-state index >= 15 is 0 Å². The number of rotatable bonds is 8. The van der Waals surface area contributed by atoms with Crippen molar-refractivity contribution in [1.29, 1.82) is 0 Å². The average molecular weight is 370 g/mol. The van der Waals surface area contributed by atoms with Crippen molar-refractivity contribution < 1.29 is 14.6 Å². The molecule has 0 amide bonds. The van der Waals surface area contributed by atoms with Crippen LogP contribution in [-0.2, 0) is 6.54 Å². The van der Waals surface area contributed by atoms with Crippen LogP contribution >= 0.6 is 23.2 Å². The lowest BCUT2D eigenvalue weighted by Crippen LogP contribution is -2.32. The van der Waals surface area contributed by atoms with Gasteiger partial charge in [-0.1, -0.05) is 35.3 Å². The Morgan fingerprint density at radius 2 is 1.75 bits per heavy atom. The Kier molecular flexibility index (Phi) is 7.18. The van der Waals surface area contributed by atoms with Gasteiger partial charge in [-0.15, -0.1) is 0 Å². The molecule has 0 saturated carbocycles. The van der Waals surface area contributed by atoms with Crippen LogP contribution in [0.2, 0.25) is 10.0 Å². The van der Waals surface area contributed by atoms with Crippen molar-refractivity contribution in [2.24, 2.45) is 0 Å². The van der Waals surface area contributed by atoms with Gasteiger partial charge in [-0.2, -0.15) is 0 Å². The minimum atomic E-state index is -0.616. The van der Waals surface area contributed by atoms with E-state index in [4.69, 9.17) is 32.7 Å². The van der Waals surface area contributed by atoms with E-state index in [1.54, 1.807) is 25.3 Å². The van der Waals surface area contributed by atoms with Crippen LogP contribution in [0.15, 0.2) is 42.5 Å². The van der Waals surface area contributed by atoms with Gasteiger partial charge in [0.1, 0.15) is 24.2 Å². The second kappa shape index (κ2) is 9.14. The molecule has 1 atom stereocenters. The standard InChI is InChI=1S/C18H21Cl2NO3/c1-21(10-13-4-3-5-17(19)18(13)20)11-14(22)12-24-16-8-6-15(23-2)7-9-16/h3-9,14,22H,10-12H2,1-2H3. The zero-order valence-corrected chi connectivity index (χ0v) is 15.2. The molecule has 0 aliphatic carbocycles. The van der Waals surface area contributed by atoms with Crippen LogP contribution in [-0.4, -0.2) is 43.4 Å². The predicted molar refractivity (Wildman–Crippen MR) is 97.3 cm³/mol. The van der Waals surface area contributed by atoms with Crippen LogP contribution in [0.25, 0.3) is 0 Å². The predicted octanol–water partition coefficient (Wildman–Crippen LogP) is 3.87. The number of aliphatic hydroxyl groups is 1. The molecule has 130 valence electrons. The molecule has 0 heterocycles. The van der Waals surface area contributed by atoms with Crippen molar-refractivity contribution >= 4 is 23.2 Å². The molecule has 0 radical (unpaired) electrons. The smallest absolute Gasteiger partial charge is 0.119 e. The van der Waals surface area contributed by atoms with E-state index in [-0.39, 0.29) is 6.61 Å². The van der Waals surface area contributed by atoms with Crippen molar-refractivity contribution in [1.82, 2.24) is 4.90 Å². The second-order valence-corrected chi connectivity index (χ2v) is 6.34. The first kappa shape index (κ1) is 18.9. The Labute approximate surface area is 152 Å². The first-order valence-corrected chi connectivity index (χ1v) is 8.31. The lowest BCUT2D eigenvalue weighted by molar-refractivity contribution is 0.0744. The van der Waals surface area contributed by atoms with E-state index in [1.165, 1.54) is 0 Å². The van der Waals surface area contributed by atoms with Gasteiger partial charge < -0.3 is 14.6 Å². The lowest BCUT2D eigenvalue weighted by atomic mass is 10.2. The van der Waals surface area contributed by atoms with Crippen molar-refractivity contribution in [3.05, 3.63) is 58.1 Å². The highest BCUT2D eigenvalue weighted by molar-refractivity contribution is 6.42. The monoisotopic (exact) mass is 369 g/mol. The first-order valence-electron chi connectivity index (χ1n) is 7.56. The zero-order chi connectivity index (χ0) is 17.5. The van der Waals surface area contributed by atoms with E-state index in [1.807, 2.05) is 36.2 Å². The summed E-state index contributed by atoms with van der Waals surface area (Å²) < 4.78 is 10.7. The van der Waals surface area contributed by atoms with E-state index in [0.29, 0.717) is 28.9 Å². The third-order valence-electron chi connectivity index (χ3n) is 3.50. The maximum Gasteiger partial charge on any atom is 0.119 e. The average Bonchev–Trinajstić information content (AvgIpc) is 2.57. The Balaban J connectivity index is 1.80. The summed E-state index contributed by atoms with van der Waals surface area (Å²) in [6, 6.07) is 12.8. The van der Waals surface area contributed by atoms with Crippen LogP contribution in [0, 0.1) is 0 Å². The van der Waals surface area contributed by atoms with Gasteiger partial charge in [0.25, 0.3) is 0 Å². The number of hydrogen-bond donors (Lipinski definition) is 1. The molecule has 0 bridgehead atoms. The summed E-state index contributed by atoms with van der Waals surface area (Å²) in [5, 5.41) is 11.2. The normalized spacial score (nSPS) is 12.2. The van der Waals surface area contributed by atoms with E-state index in [9.17, 15) is 5.11 Å². The number of methoxy groups -OCH3 is 1. The molecule has 2 aromatic carbocycles. The maximum absolute atomic E-state index is 10.1. The molecule has 0 aliphatic rings. The molecule has 24 heavy (non-hydrogen) atoms. The van der Waals surface area contributed by atoms with Gasteiger partial charge in [0.2, 0.25) is 0 Å². The quantitative estimate of drug-likeness (QED) is 0.766. The van der Waals surface area contributed by atoms with Crippen LogP contribution < -0.4 is 9.47 Å². The summed E-state index contributed by atoms with van der Waals surface area (Å²) >= 11 is 12.2. The molecule has 0 saturated heterocycles. The first-order chi connectivity index (χ1) is 11.5. The molecular formula is C18H21Cl2NO3. The molecule has 0 fully saturated rings. The molecule has 0 aromatic heterocycles. The molecule has 2 aromatic rings. The number of hydrogen-bond acceptors (Lipinski definition) is 4. The highest BCUT2D eigenvalue weighted by Gasteiger charge is 2.12. The van der Waals surface area contributed by atoms with Gasteiger partial charge in [-0.3, -0.25) is 4.90 Å². The summed E-state index contributed by atoms with van der Waals surface area (Å²) in [5.74, 6) is 1.46. The summed E-state index contributed by atoms with van der Waals surface area (Å²) in [6.45, 7) is 1.26. The van der Waals surface area contributed by atoms with Gasteiger partial charge in [-0.05, 0) is 42.9 Å². The number of benzene rings is 2. The fourth-order valence-electron chi connectivity index (χ4n) is 2.30. The van der Waals surface area contributed by atoms with Gasteiger partial charge in [-0.25, -0.2) is 0 Å². The third kappa shape index (κ3) is 5.56. The highest BCUT2D eigenvalue weighted by atomic mass is 35.5. The number of nitrogens with zero attached hydrogens (tertiary/aromatic N) is 1. The molecule has 2 rings (SSSR count). The summed E-state index contributed by atoms with van der Waals surface area (Å²) in [7, 11) is 3.52. The van der Waals surface area contributed by atoms with Crippen LogP contribution in [0.5, 0.6) is 11.5 Å². The third-order valence-corrected chi connectivity index (χ3v) is 4.35. The van der Waals surface area contributed by atoms with E-state index in [0.717, 1.165) is 11.3 Å². The van der Waals surface area contributed by atoms with Gasteiger partial charge in [0, 0.05) is 13.1 Å². The zero-order valence-electron chi connectivity index (χ0n) is 13.7. The topological polar surface area (TPSA) is 41.9 Å². The number of likely N-dealkylation sites (N-methyl/N-ethyl adjacent to an activating group) is 1. The van der Waals surface area contributed by atoms with Gasteiger partial charge in [0.05, 0.1) is 17.2 Å². The minimum Gasteiger partial charge on any atom is -0.497 e. The number of aliphatic hydroxyl groups excluding tert-OH is 1. The second-order valence-electron chi connectivity index (χ2n) is 5.55. The van der Waals surface area contributed by atoms with Crippen LogP contribution in [0.1, 0.15) is 5.56 Å². The van der Waals surface area contributed by atoms with Crippen molar-refractivity contribution in [3.8, 4) is 11.5 Å². The van der Waals surface area contributed by atoms with Gasteiger partial charge in [0.15, 0.2) is 0 Å². The summed E-state index contributed by atoms with van der Waals surface area (Å²) in [4.78, 5) is 1.97.